The monoisotopic (exact) mass is 574 g/mol. The van der Waals surface area contributed by atoms with Gasteiger partial charge in [0.1, 0.15) is 5.76 Å². The van der Waals surface area contributed by atoms with E-state index < -0.39 is 12.2 Å². The lowest BCUT2D eigenvalue weighted by atomic mass is 9.79. The smallest absolute Gasteiger partial charge is 0.118 e. The standard InChI is InChI=1S/C39H58O3/c1-12-15-16-17-35(14-3)30(8)31(9)38(37-24-34(13-2)21-20-27(37)5)25-36(33(11)41)22-26(4)18-19-28(6)39(42)23-29(7)32(10)40/h12,14-15,19-21,23-24,30,32-33,36,40-42H,4,7,13,16-18,22,25H2,1-3,5-6,8-11H3/b15-12+,28-19-,35-14-,38-31+,39-23+/t30?,32-,33?,36?/m0/s1. The Hall–Kier alpha value is -2.88. The van der Waals surface area contributed by atoms with Crippen molar-refractivity contribution in [2.45, 2.75) is 113 Å². The van der Waals surface area contributed by atoms with Gasteiger partial charge < -0.3 is 15.3 Å². The van der Waals surface area contributed by atoms with Crippen LogP contribution in [0.25, 0.3) is 5.57 Å². The van der Waals surface area contributed by atoms with Crippen molar-refractivity contribution in [3.8, 4) is 0 Å². The van der Waals surface area contributed by atoms with Crippen LogP contribution in [0.2, 0.25) is 0 Å². The Morgan fingerprint density at radius 2 is 1.69 bits per heavy atom. The molecule has 1 aromatic rings. The largest absolute Gasteiger partial charge is 0.508 e. The van der Waals surface area contributed by atoms with Crippen LogP contribution in [0.15, 0.2) is 95.4 Å². The average Bonchev–Trinajstić information content (AvgIpc) is 2.95. The molecular formula is C39H58O3. The van der Waals surface area contributed by atoms with Gasteiger partial charge in [0.2, 0.25) is 0 Å². The molecule has 0 saturated carbocycles. The molecule has 4 atom stereocenters. The van der Waals surface area contributed by atoms with Crippen LogP contribution in [-0.4, -0.2) is 27.5 Å². The Balaban J connectivity index is 3.42. The van der Waals surface area contributed by atoms with E-state index in [1.165, 1.54) is 39.5 Å². The number of hydrogen-bond donors (Lipinski definition) is 3. The van der Waals surface area contributed by atoms with Crippen LogP contribution in [0.3, 0.4) is 0 Å². The van der Waals surface area contributed by atoms with Crippen LogP contribution in [-0.2, 0) is 6.42 Å². The lowest BCUT2D eigenvalue weighted by Crippen LogP contribution is -2.19. The van der Waals surface area contributed by atoms with Gasteiger partial charge in [-0.3, -0.25) is 0 Å². The van der Waals surface area contributed by atoms with Gasteiger partial charge in [-0.2, -0.15) is 0 Å². The van der Waals surface area contributed by atoms with Crippen molar-refractivity contribution in [3.05, 3.63) is 112 Å². The SMILES string of the molecule is C=C(C/C=C(C)\C(O)=C/C(=C)[C@H](C)O)CC(C/C(=C(/C)C(C)/C(=C\C)CC/C=C/C)c1cc(CC)ccc1C)C(C)O. The number of allylic oxidation sites excluding steroid dienone is 9. The molecule has 1 rings (SSSR count). The molecule has 3 N–H and O–H groups in total. The summed E-state index contributed by atoms with van der Waals surface area (Å²) < 4.78 is 0. The summed E-state index contributed by atoms with van der Waals surface area (Å²) in [6.45, 7) is 26.7. The second-order valence-corrected chi connectivity index (χ2v) is 11.9. The van der Waals surface area contributed by atoms with Gasteiger partial charge >= 0.3 is 0 Å². The van der Waals surface area contributed by atoms with Crippen molar-refractivity contribution in [2.75, 3.05) is 0 Å². The van der Waals surface area contributed by atoms with Crippen LogP contribution in [0.1, 0.15) is 104 Å². The van der Waals surface area contributed by atoms with E-state index in [0.717, 1.165) is 31.3 Å². The zero-order valence-electron chi connectivity index (χ0n) is 27.9. The molecule has 0 spiro atoms. The molecule has 42 heavy (non-hydrogen) atoms. The molecule has 3 nitrogen and oxygen atoms in total. The first-order chi connectivity index (χ1) is 19.8. The Morgan fingerprint density at radius 3 is 2.24 bits per heavy atom. The van der Waals surface area contributed by atoms with E-state index in [2.05, 4.69) is 91.1 Å². The molecule has 0 aromatic heterocycles. The van der Waals surface area contributed by atoms with Gasteiger partial charge in [0.05, 0.1) is 12.2 Å². The Labute approximate surface area is 257 Å². The van der Waals surface area contributed by atoms with E-state index in [9.17, 15) is 15.3 Å². The Bertz CT molecular complexity index is 1200. The molecule has 0 aliphatic heterocycles. The molecule has 3 unspecified atom stereocenters. The second-order valence-electron chi connectivity index (χ2n) is 11.9. The number of aliphatic hydroxyl groups excluding tert-OH is 3. The van der Waals surface area contributed by atoms with Gasteiger partial charge in [-0.25, -0.2) is 0 Å². The summed E-state index contributed by atoms with van der Waals surface area (Å²) in [6.07, 6.45) is 13.9. The van der Waals surface area contributed by atoms with Crippen molar-refractivity contribution in [2.24, 2.45) is 11.8 Å². The van der Waals surface area contributed by atoms with Crippen LogP contribution in [0, 0.1) is 18.8 Å². The van der Waals surface area contributed by atoms with E-state index in [1.807, 2.05) is 19.9 Å². The first kappa shape index (κ1) is 37.1. The molecule has 0 amide bonds. The Morgan fingerprint density at radius 1 is 1.02 bits per heavy atom. The van der Waals surface area contributed by atoms with Gasteiger partial charge in [-0.15, -0.1) is 0 Å². The highest BCUT2D eigenvalue weighted by atomic mass is 16.3. The van der Waals surface area contributed by atoms with Gasteiger partial charge in [-0.05, 0) is 138 Å². The lowest BCUT2D eigenvalue weighted by Gasteiger charge is -2.28. The summed E-state index contributed by atoms with van der Waals surface area (Å²) in [5, 5.41) is 31.1. The first-order valence-corrected chi connectivity index (χ1v) is 15.6. The van der Waals surface area contributed by atoms with E-state index in [0.29, 0.717) is 29.9 Å². The molecule has 0 heterocycles. The van der Waals surface area contributed by atoms with Crippen molar-refractivity contribution >= 4 is 5.57 Å². The Kier molecular flexibility index (Phi) is 16.5. The fraction of sp³-hybridized carbons (Fsp3) is 0.487. The summed E-state index contributed by atoms with van der Waals surface area (Å²) in [5.74, 6) is 0.398. The van der Waals surface area contributed by atoms with Crippen LogP contribution in [0.5, 0.6) is 0 Å². The molecule has 0 radical (unpaired) electrons. The summed E-state index contributed by atoms with van der Waals surface area (Å²) in [5.41, 5.74) is 10.2. The number of hydrogen-bond acceptors (Lipinski definition) is 3. The summed E-state index contributed by atoms with van der Waals surface area (Å²) in [4.78, 5) is 0. The maximum absolute atomic E-state index is 11.0. The van der Waals surface area contributed by atoms with E-state index in [1.54, 1.807) is 6.92 Å². The fourth-order valence-corrected chi connectivity index (χ4v) is 5.21. The normalized spacial score (nSPS) is 16.7. The molecule has 1 aromatic carbocycles. The highest BCUT2D eigenvalue weighted by molar-refractivity contribution is 5.72. The predicted octanol–water partition coefficient (Wildman–Crippen LogP) is 10.3. The minimum Gasteiger partial charge on any atom is -0.508 e. The first-order valence-electron chi connectivity index (χ1n) is 15.6. The van der Waals surface area contributed by atoms with E-state index in [-0.39, 0.29) is 11.7 Å². The predicted molar refractivity (Wildman–Crippen MR) is 184 cm³/mol. The third kappa shape index (κ3) is 11.8. The third-order valence-corrected chi connectivity index (χ3v) is 8.58. The molecule has 0 saturated heterocycles. The minimum absolute atomic E-state index is 0.00396. The van der Waals surface area contributed by atoms with Gasteiger partial charge in [0.15, 0.2) is 0 Å². The van der Waals surface area contributed by atoms with Crippen molar-refractivity contribution in [3.63, 3.8) is 0 Å². The highest BCUT2D eigenvalue weighted by Crippen LogP contribution is 2.38. The number of benzene rings is 1. The number of rotatable bonds is 17. The maximum atomic E-state index is 11.0. The summed E-state index contributed by atoms with van der Waals surface area (Å²) in [7, 11) is 0. The van der Waals surface area contributed by atoms with E-state index >= 15 is 0 Å². The lowest BCUT2D eigenvalue weighted by molar-refractivity contribution is 0.127. The summed E-state index contributed by atoms with van der Waals surface area (Å²) in [6, 6.07) is 6.78. The van der Waals surface area contributed by atoms with Crippen molar-refractivity contribution in [1.82, 2.24) is 0 Å². The van der Waals surface area contributed by atoms with Crippen molar-refractivity contribution in [1.29, 1.82) is 0 Å². The molecule has 0 aliphatic rings. The summed E-state index contributed by atoms with van der Waals surface area (Å²) >= 11 is 0. The van der Waals surface area contributed by atoms with Crippen LogP contribution in [0.4, 0.5) is 0 Å². The topological polar surface area (TPSA) is 60.7 Å². The van der Waals surface area contributed by atoms with Crippen LogP contribution >= 0.6 is 0 Å². The third-order valence-electron chi connectivity index (χ3n) is 8.58. The average molecular weight is 575 g/mol. The number of aryl methyl sites for hydroxylation is 2. The van der Waals surface area contributed by atoms with Gasteiger partial charge in [0.25, 0.3) is 0 Å². The molecule has 0 bridgehead atoms. The quantitative estimate of drug-likeness (QED) is 0.0985. The minimum atomic E-state index is -0.714. The maximum Gasteiger partial charge on any atom is 0.118 e. The van der Waals surface area contributed by atoms with Gasteiger partial charge in [-0.1, -0.05) is 86.2 Å². The highest BCUT2D eigenvalue weighted by Gasteiger charge is 2.23. The van der Waals surface area contributed by atoms with Crippen molar-refractivity contribution < 1.29 is 15.3 Å². The number of aliphatic hydroxyl groups is 3. The van der Waals surface area contributed by atoms with Gasteiger partial charge in [0, 0.05) is 0 Å². The fourth-order valence-electron chi connectivity index (χ4n) is 5.21. The molecular weight excluding hydrogens is 516 g/mol. The molecule has 232 valence electrons. The second kappa shape index (κ2) is 18.6. The molecule has 0 fully saturated rings. The molecule has 0 aliphatic carbocycles. The zero-order chi connectivity index (χ0) is 32.0. The van der Waals surface area contributed by atoms with Crippen LogP contribution < -0.4 is 0 Å². The molecule has 3 heteroatoms. The van der Waals surface area contributed by atoms with E-state index in [4.69, 9.17) is 0 Å². The zero-order valence-corrected chi connectivity index (χ0v) is 27.9.